The first-order valence-electron chi connectivity index (χ1n) is 11.6. The van der Waals surface area contributed by atoms with Crippen molar-refractivity contribution >= 4 is 5.78 Å². The lowest BCUT2D eigenvalue weighted by molar-refractivity contribution is -0.114. The highest BCUT2D eigenvalue weighted by Crippen LogP contribution is 2.40. The molecule has 0 aromatic heterocycles. The highest BCUT2D eigenvalue weighted by molar-refractivity contribution is 6.11. The van der Waals surface area contributed by atoms with Gasteiger partial charge >= 0.3 is 0 Å². The Morgan fingerprint density at radius 1 is 0.656 bits per heavy atom. The maximum Gasteiger partial charge on any atom is 0.186 e. The van der Waals surface area contributed by atoms with Crippen molar-refractivity contribution in [3.05, 3.63) is 64.3 Å². The first-order valence-corrected chi connectivity index (χ1v) is 11.6. The maximum absolute atomic E-state index is 12.4. The monoisotopic (exact) mass is 438 g/mol. The summed E-state index contributed by atoms with van der Waals surface area (Å²) in [6.07, 6.45) is 3.83. The van der Waals surface area contributed by atoms with Crippen LogP contribution >= 0.6 is 0 Å². The summed E-state index contributed by atoms with van der Waals surface area (Å²) in [7, 11) is 0. The second kappa shape index (κ2) is 9.04. The molecule has 2 heteroatoms. The lowest BCUT2D eigenvalue weighted by atomic mass is 9.72. The number of ketones is 1. The molecule has 178 valence electrons. The largest absolute Gasteiger partial charge is 0.507 e. The molecule has 1 aliphatic carbocycles. The molecule has 0 radical (unpaired) electrons. The normalized spacial score (nSPS) is 15.7. The van der Waals surface area contributed by atoms with E-state index >= 15 is 0 Å². The van der Waals surface area contributed by atoms with Crippen LogP contribution in [0.2, 0.25) is 0 Å². The van der Waals surface area contributed by atoms with E-state index in [4.69, 9.17) is 0 Å². The zero-order valence-electron chi connectivity index (χ0n) is 22.9. The van der Waals surface area contributed by atoms with Crippen molar-refractivity contribution in [2.24, 2.45) is 10.8 Å². The maximum atomic E-state index is 12.4. The molecule has 0 amide bonds. The third kappa shape index (κ3) is 6.95. The Kier molecular flexibility index (Phi) is 7.89. The number of Topliss-reactive ketones (excluding diaryl/α,β-unsaturated/α-hetero) is 1. The fourth-order valence-corrected chi connectivity index (χ4v) is 3.73. The minimum atomic E-state index is -0.120. The molecule has 0 saturated heterocycles. The highest BCUT2D eigenvalue weighted by atomic mass is 16.3. The van der Waals surface area contributed by atoms with E-state index in [0.29, 0.717) is 5.75 Å². The molecule has 0 bridgehead atoms. The van der Waals surface area contributed by atoms with Gasteiger partial charge in [-0.15, -0.1) is 0 Å². The van der Waals surface area contributed by atoms with Gasteiger partial charge in [0.2, 0.25) is 0 Å². The summed E-state index contributed by atoms with van der Waals surface area (Å²) in [5, 5.41) is 10.4. The summed E-state index contributed by atoms with van der Waals surface area (Å²) in [5.74, 6) is 0.637. The number of benzene rings is 1. The van der Waals surface area contributed by atoms with E-state index in [1.54, 1.807) is 0 Å². The van der Waals surface area contributed by atoms with E-state index < -0.39 is 0 Å². The second-order valence-electron chi connectivity index (χ2n) is 13.2. The number of rotatable bonds is 0. The summed E-state index contributed by atoms with van der Waals surface area (Å²) >= 11 is 0. The summed E-state index contributed by atoms with van der Waals surface area (Å²) in [5.41, 5.74) is 5.67. The summed E-state index contributed by atoms with van der Waals surface area (Å²) in [6.45, 7) is 31.2. The van der Waals surface area contributed by atoms with Crippen LogP contribution in [0.3, 0.4) is 0 Å². The Labute approximate surface area is 197 Å². The zero-order chi connectivity index (χ0) is 25.4. The molecule has 0 unspecified atom stereocenters. The van der Waals surface area contributed by atoms with Gasteiger partial charge in [0.1, 0.15) is 5.75 Å². The summed E-state index contributed by atoms with van der Waals surface area (Å²) < 4.78 is 0. The van der Waals surface area contributed by atoms with Crippen LogP contribution in [0.1, 0.15) is 99.8 Å². The van der Waals surface area contributed by atoms with Crippen LogP contribution in [0.15, 0.2) is 47.6 Å². The summed E-state index contributed by atoms with van der Waals surface area (Å²) in [4.78, 5) is 12.4. The molecule has 0 saturated carbocycles. The predicted octanol–water partition coefficient (Wildman–Crippen LogP) is 8.37. The van der Waals surface area contributed by atoms with Crippen molar-refractivity contribution in [3.63, 3.8) is 0 Å². The minimum Gasteiger partial charge on any atom is -0.507 e. The number of hydrogen-bond donors (Lipinski definition) is 1. The molecule has 0 aliphatic heterocycles. The van der Waals surface area contributed by atoms with Crippen molar-refractivity contribution in [2.75, 3.05) is 0 Å². The van der Waals surface area contributed by atoms with Gasteiger partial charge in [0.25, 0.3) is 0 Å². The van der Waals surface area contributed by atoms with Crippen LogP contribution in [0, 0.1) is 17.8 Å². The Bertz CT molecular complexity index is 870. The van der Waals surface area contributed by atoms with Crippen molar-refractivity contribution in [2.45, 2.75) is 101 Å². The average molecular weight is 439 g/mol. The number of carbonyl (C=O) groups is 1. The van der Waals surface area contributed by atoms with E-state index in [-0.39, 0.29) is 27.4 Å². The third-order valence-corrected chi connectivity index (χ3v) is 5.64. The topological polar surface area (TPSA) is 37.3 Å². The molecule has 32 heavy (non-hydrogen) atoms. The Balaban J connectivity index is 0.000000320. The number of hydrogen-bond acceptors (Lipinski definition) is 2. The molecule has 0 fully saturated rings. The molecule has 1 aromatic rings. The second-order valence-corrected chi connectivity index (χ2v) is 13.2. The average Bonchev–Trinajstić information content (AvgIpc) is 2.55. The van der Waals surface area contributed by atoms with Crippen LogP contribution < -0.4 is 0 Å². The van der Waals surface area contributed by atoms with Crippen LogP contribution in [0.5, 0.6) is 5.75 Å². The fourth-order valence-electron chi connectivity index (χ4n) is 3.73. The predicted molar refractivity (Wildman–Crippen MR) is 139 cm³/mol. The lowest BCUT2D eigenvalue weighted by Crippen LogP contribution is -2.27. The SMILES string of the molecule is C=C1C=C(C(C)(C)C)C(=O)C(C(C)(C)C)=C1.Cc1cc(C(C)(C)C)c(O)c(C(C)(C)C)c1. The number of phenols is 1. The first-order chi connectivity index (χ1) is 14.1. The Hall–Kier alpha value is -2.09. The van der Waals surface area contributed by atoms with Gasteiger partial charge in [-0.05, 0) is 57.4 Å². The highest BCUT2D eigenvalue weighted by Gasteiger charge is 2.33. The van der Waals surface area contributed by atoms with Crippen LogP contribution in [0.25, 0.3) is 0 Å². The van der Waals surface area contributed by atoms with E-state index in [0.717, 1.165) is 27.8 Å². The molecular weight excluding hydrogens is 392 g/mol. The number of aryl methyl sites for hydroxylation is 1. The van der Waals surface area contributed by atoms with Crippen molar-refractivity contribution < 1.29 is 9.90 Å². The smallest absolute Gasteiger partial charge is 0.186 e. The van der Waals surface area contributed by atoms with Gasteiger partial charge < -0.3 is 5.11 Å². The van der Waals surface area contributed by atoms with Gasteiger partial charge in [-0.2, -0.15) is 0 Å². The zero-order valence-corrected chi connectivity index (χ0v) is 22.9. The van der Waals surface area contributed by atoms with E-state index in [2.05, 4.69) is 109 Å². The Morgan fingerprint density at radius 3 is 1.22 bits per heavy atom. The quantitative estimate of drug-likeness (QED) is 0.442. The van der Waals surface area contributed by atoms with Crippen LogP contribution in [-0.2, 0) is 15.6 Å². The number of carbonyl (C=O) groups excluding carboxylic acids is 1. The van der Waals surface area contributed by atoms with Crippen molar-refractivity contribution in [1.29, 1.82) is 0 Å². The van der Waals surface area contributed by atoms with Gasteiger partial charge in [0.05, 0.1) is 0 Å². The molecule has 0 heterocycles. The lowest BCUT2D eigenvalue weighted by Gasteiger charge is -2.31. The van der Waals surface area contributed by atoms with E-state index in [9.17, 15) is 9.90 Å². The van der Waals surface area contributed by atoms with Crippen molar-refractivity contribution in [3.8, 4) is 5.75 Å². The van der Waals surface area contributed by atoms with E-state index in [1.807, 2.05) is 12.2 Å². The van der Waals surface area contributed by atoms with Gasteiger partial charge in [-0.3, -0.25) is 4.79 Å². The van der Waals surface area contributed by atoms with E-state index in [1.165, 1.54) is 5.56 Å². The van der Waals surface area contributed by atoms with Crippen molar-refractivity contribution in [1.82, 2.24) is 0 Å². The molecule has 0 spiro atoms. The summed E-state index contributed by atoms with van der Waals surface area (Å²) in [6, 6.07) is 4.18. The first kappa shape index (κ1) is 27.9. The van der Waals surface area contributed by atoms with Gasteiger partial charge in [0, 0.05) is 11.1 Å². The van der Waals surface area contributed by atoms with Gasteiger partial charge in [-0.25, -0.2) is 0 Å². The molecule has 0 atom stereocenters. The third-order valence-electron chi connectivity index (χ3n) is 5.64. The van der Waals surface area contributed by atoms with Crippen LogP contribution in [0.4, 0.5) is 0 Å². The number of allylic oxidation sites excluding steroid dienone is 5. The Morgan fingerprint density at radius 2 is 0.969 bits per heavy atom. The molecule has 1 N–H and O–H groups in total. The standard InChI is InChI=1S/C15H24O.C15H22O/c2*1-10-8-11(14(2,3)4)13(16)12(9-10)15(5,6)7/h8-9,16H,1-7H3;8-9H,1H2,2-7H3. The molecule has 2 nitrogen and oxygen atoms in total. The molecule has 1 aliphatic rings. The molecular formula is C30H46O2. The minimum absolute atomic E-state index is 0.0178. The fraction of sp³-hybridized carbons (Fsp3) is 0.567. The van der Waals surface area contributed by atoms with Gasteiger partial charge in [0.15, 0.2) is 5.78 Å². The van der Waals surface area contributed by atoms with Crippen LogP contribution in [-0.4, -0.2) is 10.9 Å². The number of aromatic hydroxyl groups is 1. The van der Waals surface area contributed by atoms with Gasteiger partial charge in [-0.1, -0.05) is 107 Å². The molecule has 2 rings (SSSR count). The molecule has 1 aromatic carbocycles. The number of phenolic OH excluding ortho intramolecular Hbond substituents is 1.